The average Bonchev–Trinajstić information content (AvgIpc) is 3.45. The van der Waals surface area contributed by atoms with E-state index in [4.69, 9.17) is 0 Å². The molecule has 4 rings (SSSR count). The summed E-state index contributed by atoms with van der Waals surface area (Å²) in [5.41, 5.74) is 10.4. The van der Waals surface area contributed by atoms with Gasteiger partial charge in [-0.3, -0.25) is 0 Å². The van der Waals surface area contributed by atoms with E-state index in [9.17, 15) is 0 Å². The molecule has 200 valence electrons. The maximum absolute atomic E-state index is 2.60. The summed E-state index contributed by atoms with van der Waals surface area (Å²) in [5, 5.41) is 6.47. The normalized spacial score (nSPS) is 13.6. The van der Waals surface area contributed by atoms with E-state index in [1.54, 1.807) is 26.3 Å². The third-order valence-electron chi connectivity index (χ3n) is 8.77. The van der Waals surface area contributed by atoms with Gasteiger partial charge in [-0.05, 0) is 100 Å². The van der Waals surface area contributed by atoms with Crippen molar-refractivity contribution in [3.63, 3.8) is 0 Å². The van der Waals surface area contributed by atoms with E-state index < -0.39 is 8.07 Å². The molecule has 0 heterocycles. The van der Waals surface area contributed by atoms with Crippen LogP contribution in [0.3, 0.4) is 0 Å². The summed E-state index contributed by atoms with van der Waals surface area (Å²) >= 11 is 0. The van der Waals surface area contributed by atoms with Gasteiger partial charge in [0.15, 0.2) is 8.07 Å². The molecule has 1 aliphatic rings. The molecule has 3 aromatic carbocycles. The summed E-state index contributed by atoms with van der Waals surface area (Å²) in [6.07, 6.45) is 13.5. The van der Waals surface area contributed by atoms with Gasteiger partial charge in [-0.1, -0.05) is 126 Å². The number of rotatable bonds is 11. The fourth-order valence-corrected chi connectivity index (χ4v) is 12.1. The molecule has 0 N–H and O–H groups in total. The molecular formula is C37H48Si. The van der Waals surface area contributed by atoms with Gasteiger partial charge in [0, 0.05) is 0 Å². The second kappa shape index (κ2) is 12.5. The van der Waals surface area contributed by atoms with Gasteiger partial charge >= 0.3 is 0 Å². The first kappa shape index (κ1) is 28.4. The molecule has 0 radical (unpaired) electrons. The monoisotopic (exact) mass is 520 g/mol. The van der Waals surface area contributed by atoms with Gasteiger partial charge in [0.05, 0.1) is 0 Å². The van der Waals surface area contributed by atoms with Crippen molar-refractivity contribution in [1.82, 2.24) is 0 Å². The van der Waals surface area contributed by atoms with Crippen molar-refractivity contribution >= 4 is 23.6 Å². The molecule has 0 amide bonds. The van der Waals surface area contributed by atoms with E-state index in [0.29, 0.717) is 0 Å². The van der Waals surface area contributed by atoms with Crippen molar-refractivity contribution in [2.75, 3.05) is 0 Å². The Kier molecular flexibility index (Phi) is 9.31. The molecule has 38 heavy (non-hydrogen) atoms. The van der Waals surface area contributed by atoms with Crippen LogP contribution in [0.25, 0.3) is 0 Å². The zero-order chi connectivity index (χ0) is 27.3. The lowest BCUT2D eigenvalue weighted by atomic mass is 10.1. The van der Waals surface area contributed by atoms with Crippen LogP contribution in [0, 0.1) is 0 Å². The predicted octanol–water partition coefficient (Wildman–Crippen LogP) is 7.74. The van der Waals surface area contributed by atoms with Gasteiger partial charge in [0.25, 0.3) is 0 Å². The quantitative estimate of drug-likeness (QED) is 0.179. The maximum atomic E-state index is 2.60. The molecule has 0 bridgehead atoms. The number of aryl methyl sites for hydroxylation is 6. The van der Waals surface area contributed by atoms with Gasteiger partial charge in [0.1, 0.15) is 0 Å². The lowest BCUT2D eigenvalue weighted by molar-refractivity contribution is 1.08. The molecule has 0 aliphatic heterocycles. The van der Waals surface area contributed by atoms with Gasteiger partial charge in [-0.15, -0.1) is 0 Å². The number of allylic oxidation sites excluding steroid dienone is 4. The number of benzene rings is 3. The highest BCUT2D eigenvalue weighted by atomic mass is 28.3. The first-order chi connectivity index (χ1) is 18.5. The van der Waals surface area contributed by atoms with Gasteiger partial charge in [0.2, 0.25) is 0 Å². The van der Waals surface area contributed by atoms with E-state index in [1.165, 1.54) is 33.4 Å². The predicted molar refractivity (Wildman–Crippen MR) is 171 cm³/mol. The summed E-state index contributed by atoms with van der Waals surface area (Å²) in [4.78, 5) is 0. The van der Waals surface area contributed by atoms with Gasteiger partial charge < -0.3 is 0 Å². The summed E-state index contributed by atoms with van der Waals surface area (Å²) in [6.45, 7) is 16.2. The van der Waals surface area contributed by atoms with Crippen molar-refractivity contribution in [2.45, 2.75) is 99.8 Å². The molecular weight excluding hydrogens is 472 g/mol. The van der Waals surface area contributed by atoms with E-state index in [-0.39, 0.29) is 0 Å². The number of hydrogen-bond donors (Lipinski definition) is 0. The minimum absolute atomic E-state index is 1.07. The van der Waals surface area contributed by atoms with Crippen LogP contribution in [-0.2, 0) is 38.5 Å². The summed E-state index contributed by atoms with van der Waals surface area (Å²) in [6, 6.07) is 22.9. The zero-order valence-electron chi connectivity index (χ0n) is 25.0. The minimum Gasteiger partial charge on any atom is -0.0805 e. The molecule has 0 atom stereocenters. The second-order valence-electron chi connectivity index (χ2n) is 10.9. The van der Waals surface area contributed by atoms with Crippen LogP contribution in [0.5, 0.6) is 0 Å². The van der Waals surface area contributed by atoms with E-state index in [0.717, 1.165) is 51.4 Å². The Hall–Kier alpha value is -2.64. The Balaban J connectivity index is 2.26. The van der Waals surface area contributed by atoms with Crippen molar-refractivity contribution in [3.8, 4) is 0 Å². The van der Waals surface area contributed by atoms with Crippen LogP contribution < -0.4 is 15.6 Å². The summed E-state index contributed by atoms with van der Waals surface area (Å²) in [5.74, 6) is 0. The topological polar surface area (TPSA) is 0 Å². The Morgan fingerprint density at radius 3 is 1.03 bits per heavy atom. The Bertz CT molecular complexity index is 1140. The van der Waals surface area contributed by atoms with Crippen LogP contribution in [0.2, 0.25) is 0 Å². The smallest absolute Gasteiger partial charge is 0.0805 e. The fraction of sp³-hybridized carbons (Fsp3) is 0.405. The average molecular weight is 521 g/mol. The van der Waals surface area contributed by atoms with Crippen LogP contribution >= 0.6 is 0 Å². The standard InChI is InChI=1S/C37H48Si/c1-8-27-18-28(9-2)22-34(21-27)38(37-17-15-16-33(37)14-7,35-23-29(10-3)19-30(11-4)24-35)36-25-31(12-5)20-32(13-6)26-36/h15-16,18-26H,8-14,17H2,1-7H3. The molecule has 1 heteroatoms. The molecule has 0 saturated carbocycles. The molecule has 0 fully saturated rings. The van der Waals surface area contributed by atoms with Gasteiger partial charge in [-0.25, -0.2) is 0 Å². The largest absolute Gasteiger partial charge is 0.176 e. The van der Waals surface area contributed by atoms with E-state index in [2.05, 4.69) is 115 Å². The molecule has 1 aliphatic carbocycles. The first-order valence-electron chi connectivity index (χ1n) is 15.3. The van der Waals surface area contributed by atoms with Crippen molar-refractivity contribution in [2.24, 2.45) is 0 Å². The highest BCUT2D eigenvalue weighted by molar-refractivity contribution is 7.16. The van der Waals surface area contributed by atoms with Crippen molar-refractivity contribution < 1.29 is 0 Å². The molecule has 0 unspecified atom stereocenters. The Labute approximate surface area is 233 Å². The van der Waals surface area contributed by atoms with Crippen LogP contribution in [0.1, 0.15) is 94.7 Å². The SMILES string of the molecule is CCC1=C([Si](c2cc(CC)cc(CC)c2)(c2cc(CC)cc(CC)c2)c2cc(CC)cc(CC)c2)CC=C1. The summed E-state index contributed by atoms with van der Waals surface area (Å²) < 4.78 is 0. The van der Waals surface area contributed by atoms with E-state index in [1.807, 2.05) is 0 Å². The van der Waals surface area contributed by atoms with Crippen LogP contribution in [0.4, 0.5) is 0 Å². The van der Waals surface area contributed by atoms with Crippen molar-refractivity contribution in [3.05, 3.63) is 111 Å². The molecule has 0 nitrogen and oxygen atoms in total. The first-order valence-corrected chi connectivity index (χ1v) is 17.3. The lowest BCUT2D eigenvalue weighted by Crippen LogP contribution is -2.69. The summed E-state index contributed by atoms with van der Waals surface area (Å²) in [7, 11) is -2.54. The molecule has 3 aromatic rings. The molecule has 0 saturated heterocycles. The molecule has 0 aromatic heterocycles. The second-order valence-corrected chi connectivity index (χ2v) is 14.8. The Morgan fingerprint density at radius 1 is 0.447 bits per heavy atom. The third kappa shape index (κ3) is 5.28. The van der Waals surface area contributed by atoms with Crippen LogP contribution in [-0.4, -0.2) is 8.07 Å². The molecule has 0 spiro atoms. The maximum Gasteiger partial charge on any atom is 0.176 e. The highest BCUT2D eigenvalue weighted by Crippen LogP contribution is 2.32. The minimum atomic E-state index is -2.54. The third-order valence-corrected chi connectivity index (χ3v) is 13.7. The van der Waals surface area contributed by atoms with Crippen LogP contribution in [0.15, 0.2) is 77.5 Å². The van der Waals surface area contributed by atoms with Gasteiger partial charge in [-0.2, -0.15) is 0 Å². The van der Waals surface area contributed by atoms with E-state index >= 15 is 0 Å². The zero-order valence-corrected chi connectivity index (χ0v) is 26.0. The highest BCUT2D eigenvalue weighted by Gasteiger charge is 2.45. The lowest BCUT2D eigenvalue weighted by Gasteiger charge is -2.38. The number of hydrogen-bond acceptors (Lipinski definition) is 0. The fourth-order valence-electron chi connectivity index (χ4n) is 6.46. The van der Waals surface area contributed by atoms with Crippen molar-refractivity contribution in [1.29, 1.82) is 0 Å². The Morgan fingerprint density at radius 2 is 0.763 bits per heavy atom.